The molecule has 0 bridgehead atoms. The Morgan fingerprint density at radius 2 is 1.77 bits per heavy atom. The standard InChI is InChI=1S/C22H24F3N3O2/c23-22(24,25)19-7-3-1-6-17(19)15-26-18-11-13-28(14-12-18)20-8-4-2-5-16(20)9-10-21(29)27-30/h1-10,18,26,30H,11-15H2,(H,27,29)/b10-9+. The van der Waals surface area contributed by atoms with Crippen molar-refractivity contribution in [1.29, 1.82) is 0 Å². The van der Waals surface area contributed by atoms with Gasteiger partial charge in [0.25, 0.3) is 5.91 Å². The van der Waals surface area contributed by atoms with Crippen molar-refractivity contribution in [3.8, 4) is 0 Å². The van der Waals surface area contributed by atoms with Crippen molar-refractivity contribution >= 4 is 17.7 Å². The van der Waals surface area contributed by atoms with Crippen molar-refractivity contribution in [3.63, 3.8) is 0 Å². The van der Waals surface area contributed by atoms with Gasteiger partial charge in [0.2, 0.25) is 0 Å². The number of benzene rings is 2. The first-order valence-corrected chi connectivity index (χ1v) is 9.73. The average molecular weight is 419 g/mol. The lowest BCUT2D eigenvalue weighted by Crippen LogP contribution is -2.42. The number of carbonyl (C=O) groups is 1. The van der Waals surface area contributed by atoms with Crippen LogP contribution in [-0.2, 0) is 17.5 Å². The second-order valence-corrected chi connectivity index (χ2v) is 7.17. The SMILES string of the molecule is O=C(/C=C/c1ccccc1N1CCC(NCc2ccccc2C(F)(F)F)CC1)NO. The zero-order valence-corrected chi connectivity index (χ0v) is 16.3. The van der Waals surface area contributed by atoms with Crippen molar-refractivity contribution < 1.29 is 23.2 Å². The van der Waals surface area contributed by atoms with E-state index >= 15 is 0 Å². The first-order chi connectivity index (χ1) is 14.4. The summed E-state index contributed by atoms with van der Waals surface area (Å²) in [5.74, 6) is -0.605. The lowest BCUT2D eigenvalue weighted by Gasteiger charge is -2.35. The lowest BCUT2D eigenvalue weighted by atomic mass is 10.0. The molecule has 1 saturated heterocycles. The summed E-state index contributed by atoms with van der Waals surface area (Å²) in [7, 11) is 0. The van der Waals surface area contributed by atoms with E-state index in [2.05, 4.69) is 10.2 Å². The summed E-state index contributed by atoms with van der Waals surface area (Å²) in [5.41, 5.74) is 3.05. The van der Waals surface area contributed by atoms with Crippen LogP contribution in [0.5, 0.6) is 0 Å². The minimum Gasteiger partial charge on any atom is -0.371 e. The van der Waals surface area contributed by atoms with Gasteiger partial charge in [0.05, 0.1) is 5.56 Å². The maximum absolute atomic E-state index is 13.1. The summed E-state index contributed by atoms with van der Waals surface area (Å²) < 4.78 is 39.4. The molecule has 0 saturated carbocycles. The molecule has 1 fully saturated rings. The number of nitrogens with zero attached hydrogens (tertiary/aromatic N) is 1. The van der Waals surface area contributed by atoms with E-state index < -0.39 is 17.6 Å². The molecule has 3 N–H and O–H groups in total. The summed E-state index contributed by atoms with van der Waals surface area (Å²) in [6, 6.07) is 13.4. The Morgan fingerprint density at radius 3 is 2.47 bits per heavy atom. The van der Waals surface area contributed by atoms with Crippen LogP contribution in [-0.4, -0.2) is 30.2 Å². The van der Waals surface area contributed by atoms with Gasteiger partial charge >= 0.3 is 6.18 Å². The molecule has 0 aliphatic carbocycles. The quantitative estimate of drug-likeness (QED) is 0.377. The predicted molar refractivity (Wildman–Crippen MR) is 109 cm³/mol. The predicted octanol–water partition coefficient (Wildman–Crippen LogP) is 3.98. The molecule has 0 unspecified atom stereocenters. The third-order valence-electron chi connectivity index (χ3n) is 5.20. The number of piperidine rings is 1. The van der Waals surface area contributed by atoms with E-state index in [0.29, 0.717) is 0 Å². The zero-order valence-electron chi connectivity index (χ0n) is 16.3. The fourth-order valence-corrected chi connectivity index (χ4v) is 3.65. The van der Waals surface area contributed by atoms with E-state index in [1.165, 1.54) is 18.2 Å². The zero-order chi connectivity index (χ0) is 21.6. The van der Waals surface area contributed by atoms with Crippen LogP contribution in [0.2, 0.25) is 0 Å². The van der Waals surface area contributed by atoms with Gasteiger partial charge in [0, 0.05) is 37.4 Å². The molecule has 160 valence electrons. The number of halogens is 3. The fraction of sp³-hybridized carbons (Fsp3) is 0.318. The van der Waals surface area contributed by atoms with E-state index in [0.717, 1.165) is 43.2 Å². The number of hydrogen-bond acceptors (Lipinski definition) is 4. The summed E-state index contributed by atoms with van der Waals surface area (Å²) in [6.45, 7) is 1.67. The van der Waals surface area contributed by atoms with Crippen LogP contribution in [0.15, 0.2) is 54.6 Å². The highest BCUT2D eigenvalue weighted by Crippen LogP contribution is 2.32. The van der Waals surface area contributed by atoms with Crippen molar-refractivity contribution in [2.45, 2.75) is 31.6 Å². The molecule has 0 atom stereocenters. The number of hydroxylamine groups is 1. The third kappa shape index (κ3) is 5.61. The van der Waals surface area contributed by atoms with Gasteiger partial charge < -0.3 is 10.2 Å². The Kier molecular flexibility index (Phi) is 7.12. The monoisotopic (exact) mass is 419 g/mol. The van der Waals surface area contributed by atoms with Crippen LogP contribution >= 0.6 is 0 Å². The van der Waals surface area contributed by atoms with Gasteiger partial charge in [0.15, 0.2) is 0 Å². The Balaban J connectivity index is 1.59. The van der Waals surface area contributed by atoms with E-state index in [-0.39, 0.29) is 18.2 Å². The maximum Gasteiger partial charge on any atom is 0.416 e. The van der Waals surface area contributed by atoms with Crippen molar-refractivity contribution in [3.05, 3.63) is 71.3 Å². The minimum atomic E-state index is -4.36. The van der Waals surface area contributed by atoms with Gasteiger partial charge in [0.1, 0.15) is 0 Å². The number of rotatable bonds is 6. The fourth-order valence-electron chi connectivity index (χ4n) is 3.65. The number of nitrogens with one attached hydrogen (secondary N) is 2. The molecule has 0 spiro atoms. The van der Waals surface area contributed by atoms with Crippen molar-refractivity contribution in [1.82, 2.24) is 10.8 Å². The number of anilines is 1. The Bertz CT molecular complexity index is 891. The molecule has 8 heteroatoms. The van der Waals surface area contributed by atoms with Crippen LogP contribution in [0.4, 0.5) is 18.9 Å². The van der Waals surface area contributed by atoms with Crippen LogP contribution in [0, 0.1) is 0 Å². The van der Waals surface area contributed by atoms with Crippen LogP contribution in [0.1, 0.15) is 29.5 Å². The second kappa shape index (κ2) is 9.77. The molecular formula is C22H24F3N3O2. The summed E-state index contributed by atoms with van der Waals surface area (Å²) in [5, 5.41) is 11.9. The number of hydrogen-bond donors (Lipinski definition) is 3. The third-order valence-corrected chi connectivity index (χ3v) is 5.20. The van der Waals surface area contributed by atoms with Crippen LogP contribution in [0.3, 0.4) is 0 Å². The van der Waals surface area contributed by atoms with Gasteiger partial charge in [-0.25, -0.2) is 5.48 Å². The molecule has 0 radical (unpaired) electrons. The van der Waals surface area contributed by atoms with Gasteiger partial charge in [-0.3, -0.25) is 10.0 Å². The summed E-state index contributed by atoms with van der Waals surface area (Å²) >= 11 is 0. The van der Waals surface area contributed by atoms with Crippen LogP contribution < -0.4 is 15.7 Å². The van der Waals surface area contributed by atoms with E-state index in [4.69, 9.17) is 5.21 Å². The molecule has 5 nitrogen and oxygen atoms in total. The normalized spacial score (nSPS) is 15.5. The molecule has 0 aromatic heterocycles. The van der Waals surface area contributed by atoms with Gasteiger partial charge in [-0.05, 0) is 42.2 Å². The number of amides is 1. The summed E-state index contributed by atoms with van der Waals surface area (Å²) in [4.78, 5) is 13.4. The molecular weight excluding hydrogens is 395 g/mol. The Labute approximate surface area is 173 Å². The molecule has 2 aromatic carbocycles. The van der Waals surface area contributed by atoms with E-state index in [9.17, 15) is 18.0 Å². The first kappa shape index (κ1) is 21.9. The van der Waals surface area contributed by atoms with Crippen molar-refractivity contribution in [2.24, 2.45) is 0 Å². The van der Waals surface area contributed by atoms with E-state index in [1.807, 2.05) is 24.3 Å². The Hall–Kier alpha value is -2.84. The van der Waals surface area contributed by atoms with Gasteiger partial charge in [-0.1, -0.05) is 36.4 Å². The molecule has 1 amide bonds. The molecule has 1 aliphatic rings. The minimum absolute atomic E-state index is 0.130. The van der Waals surface area contributed by atoms with Crippen LogP contribution in [0.25, 0.3) is 6.08 Å². The molecule has 1 aliphatic heterocycles. The maximum atomic E-state index is 13.1. The summed E-state index contributed by atoms with van der Waals surface area (Å²) in [6.07, 6.45) is 0.128. The first-order valence-electron chi connectivity index (χ1n) is 9.73. The average Bonchev–Trinajstić information content (AvgIpc) is 2.76. The molecule has 3 rings (SSSR count). The molecule has 30 heavy (non-hydrogen) atoms. The number of alkyl halides is 3. The highest BCUT2D eigenvalue weighted by Gasteiger charge is 2.33. The number of para-hydroxylation sites is 1. The largest absolute Gasteiger partial charge is 0.416 e. The molecule has 1 heterocycles. The highest BCUT2D eigenvalue weighted by molar-refractivity contribution is 5.91. The smallest absolute Gasteiger partial charge is 0.371 e. The Morgan fingerprint density at radius 1 is 1.10 bits per heavy atom. The van der Waals surface area contributed by atoms with Gasteiger partial charge in [-0.2, -0.15) is 13.2 Å². The lowest BCUT2D eigenvalue weighted by molar-refractivity contribution is -0.138. The highest BCUT2D eigenvalue weighted by atomic mass is 19.4. The van der Waals surface area contributed by atoms with E-state index in [1.54, 1.807) is 17.6 Å². The number of carbonyl (C=O) groups excluding carboxylic acids is 1. The topological polar surface area (TPSA) is 64.6 Å². The van der Waals surface area contributed by atoms with Gasteiger partial charge in [-0.15, -0.1) is 0 Å². The molecule has 2 aromatic rings. The second-order valence-electron chi connectivity index (χ2n) is 7.17. The van der Waals surface area contributed by atoms with Crippen molar-refractivity contribution in [2.75, 3.05) is 18.0 Å².